The topological polar surface area (TPSA) is 114 Å². The van der Waals surface area contributed by atoms with Gasteiger partial charge in [0.1, 0.15) is 5.75 Å². The minimum Gasteiger partial charge on any atom is -0.497 e. The highest BCUT2D eigenvalue weighted by molar-refractivity contribution is 5.96. The largest absolute Gasteiger partial charge is 0.497 e. The summed E-state index contributed by atoms with van der Waals surface area (Å²) in [5, 5.41) is 6.23. The first-order valence-electron chi connectivity index (χ1n) is 11.2. The number of morpholine rings is 2. The van der Waals surface area contributed by atoms with E-state index in [2.05, 4.69) is 30.4 Å². The molecule has 0 saturated carbocycles. The molecule has 1 aromatic carbocycles. The van der Waals surface area contributed by atoms with Crippen LogP contribution in [-0.2, 0) is 14.3 Å². The van der Waals surface area contributed by atoms with Crippen molar-refractivity contribution in [3.05, 3.63) is 18.2 Å². The number of ether oxygens (including phenoxy) is 3. The molecule has 2 aromatic rings. The molecule has 0 bridgehead atoms. The van der Waals surface area contributed by atoms with Gasteiger partial charge in [-0.05, 0) is 12.1 Å². The zero-order valence-electron chi connectivity index (χ0n) is 19.3. The molecule has 2 aliphatic heterocycles. The first kappa shape index (κ1) is 23.0. The van der Waals surface area contributed by atoms with E-state index >= 15 is 0 Å². The van der Waals surface area contributed by atoms with Crippen LogP contribution >= 0.6 is 0 Å². The number of nitrogens with one attached hydrogen (secondary N) is 2. The highest BCUT2D eigenvalue weighted by Gasteiger charge is 2.21. The van der Waals surface area contributed by atoms with Gasteiger partial charge >= 0.3 is 0 Å². The lowest BCUT2D eigenvalue weighted by molar-refractivity contribution is -0.118. The van der Waals surface area contributed by atoms with Gasteiger partial charge in [-0.1, -0.05) is 13.8 Å². The number of nitrogens with zero attached hydrogens (tertiary/aromatic N) is 5. The molecule has 2 aliphatic rings. The van der Waals surface area contributed by atoms with Gasteiger partial charge in [-0.25, -0.2) is 0 Å². The van der Waals surface area contributed by atoms with Crippen molar-refractivity contribution >= 4 is 35.1 Å². The van der Waals surface area contributed by atoms with Gasteiger partial charge in [0, 0.05) is 38.2 Å². The second-order valence-corrected chi connectivity index (χ2v) is 8.14. The maximum Gasteiger partial charge on any atom is 0.233 e. The number of aromatic nitrogens is 3. The van der Waals surface area contributed by atoms with Crippen molar-refractivity contribution in [3.63, 3.8) is 0 Å². The van der Waals surface area contributed by atoms with E-state index in [1.165, 1.54) is 0 Å². The molecule has 33 heavy (non-hydrogen) atoms. The van der Waals surface area contributed by atoms with Crippen LogP contribution in [0.15, 0.2) is 18.2 Å². The fourth-order valence-electron chi connectivity index (χ4n) is 3.48. The van der Waals surface area contributed by atoms with E-state index in [9.17, 15) is 4.79 Å². The van der Waals surface area contributed by atoms with Crippen molar-refractivity contribution in [1.82, 2.24) is 15.0 Å². The zero-order valence-corrected chi connectivity index (χ0v) is 19.3. The summed E-state index contributed by atoms with van der Waals surface area (Å²) in [6.07, 6.45) is 0. The number of hydrogen-bond donors (Lipinski definition) is 2. The summed E-state index contributed by atoms with van der Waals surface area (Å²) >= 11 is 0. The van der Waals surface area contributed by atoms with Gasteiger partial charge in [0.2, 0.25) is 23.8 Å². The van der Waals surface area contributed by atoms with Gasteiger partial charge in [0.15, 0.2) is 0 Å². The molecule has 1 amide bonds. The first-order chi connectivity index (χ1) is 16.0. The Morgan fingerprint density at radius 2 is 1.52 bits per heavy atom. The zero-order chi connectivity index (χ0) is 23.2. The average Bonchev–Trinajstić information content (AvgIpc) is 2.86. The monoisotopic (exact) mass is 457 g/mol. The SMILES string of the molecule is COc1ccc(NC(=O)C(C)C)c(Nc2nc(N3CCOCC3)nc(N3CCOCC3)n2)c1. The van der Waals surface area contributed by atoms with E-state index in [0.29, 0.717) is 87.6 Å². The second-order valence-electron chi connectivity index (χ2n) is 8.14. The lowest BCUT2D eigenvalue weighted by atomic mass is 10.2. The summed E-state index contributed by atoms with van der Waals surface area (Å²) < 4.78 is 16.4. The molecule has 0 atom stereocenters. The van der Waals surface area contributed by atoms with Gasteiger partial charge in [-0.2, -0.15) is 15.0 Å². The second kappa shape index (κ2) is 10.6. The van der Waals surface area contributed by atoms with Crippen LogP contribution in [0.3, 0.4) is 0 Å². The van der Waals surface area contributed by atoms with Gasteiger partial charge in [0.05, 0.1) is 44.9 Å². The Morgan fingerprint density at radius 1 is 0.939 bits per heavy atom. The van der Waals surface area contributed by atoms with Gasteiger partial charge in [-0.3, -0.25) is 4.79 Å². The van der Waals surface area contributed by atoms with Crippen molar-refractivity contribution in [2.45, 2.75) is 13.8 Å². The van der Waals surface area contributed by atoms with E-state index in [0.717, 1.165) is 0 Å². The van der Waals surface area contributed by atoms with E-state index < -0.39 is 0 Å². The predicted octanol–water partition coefficient (Wildman–Crippen LogP) is 1.89. The molecule has 0 unspecified atom stereocenters. The van der Waals surface area contributed by atoms with E-state index in [4.69, 9.17) is 19.2 Å². The van der Waals surface area contributed by atoms with Crippen molar-refractivity contribution < 1.29 is 19.0 Å². The Balaban J connectivity index is 1.68. The Bertz CT molecular complexity index is 924. The third-order valence-corrected chi connectivity index (χ3v) is 5.46. The molecular weight excluding hydrogens is 426 g/mol. The number of amides is 1. The predicted molar refractivity (Wildman–Crippen MR) is 126 cm³/mol. The quantitative estimate of drug-likeness (QED) is 0.639. The van der Waals surface area contributed by atoms with Gasteiger partial charge < -0.3 is 34.6 Å². The molecule has 2 N–H and O–H groups in total. The Morgan fingerprint density at radius 3 is 2.03 bits per heavy atom. The lowest BCUT2D eigenvalue weighted by Gasteiger charge is -2.30. The molecule has 3 heterocycles. The van der Waals surface area contributed by atoms with Crippen LogP contribution in [0.25, 0.3) is 0 Å². The number of anilines is 5. The summed E-state index contributed by atoms with van der Waals surface area (Å²) in [6.45, 7) is 9.04. The Kier molecular flexibility index (Phi) is 7.40. The minimum absolute atomic E-state index is 0.0816. The van der Waals surface area contributed by atoms with Crippen molar-refractivity contribution in [2.24, 2.45) is 5.92 Å². The van der Waals surface area contributed by atoms with Crippen LogP contribution in [0, 0.1) is 5.92 Å². The molecule has 2 fully saturated rings. The maximum atomic E-state index is 12.3. The maximum absolute atomic E-state index is 12.3. The molecule has 178 valence electrons. The average molecular weight is 458 g/mol. The number of benzene rings is 1. The smallest absolute Gasteiger partial charge is 0.233 e. The third-order valence-electron chi connectivity index (χ3n) is 5.46. The normalized spacial score (nSPS) is 16.6. The van der Waals surface area contributed by atoms with Crippen LogP contribution in [0.4, 0.5) is 29.2 Å². The molecule has 4 rings (SSSR count). The molecule has 0 aliphatic carbocycles. The van der Waals surface area contributed by atoms with Crippen LogP contribution in [0.1, 0.15) is 13.8 Å². The highest BCUT2D eigenvalue weighted by atomic mass is 16.5. The molecular formula is C22H31N7O4. The fourth-order valence-corrected chi connectivity index (χ4v) is 3.48. The standard InChI is InChI=1S/C22H31N7O4/c1-15(2)19(30)23-17-5-4-16(31-3)14-18(17)24-20-25-21(28-6-10-32-11-7-28)27-22(26-20)29-8-12-33-13-9-29/h4-5,14-15H,6-13H2,1-3H3,(H,23,30)(H,24,25,26,27). The van der Waals surface area contributed by atoms with Gasteiger partial charge in [-0.15, -0.1) is 0 Å². The summed E-state index contributed by atoms with van der Waals surface area (Å²) in [5.74, 6) is 1.98. The molecule has 11 heteroatoms. The summed E-state index contributed by atoms with van der Waals surface area (Å²) in [5.41, 5.74) is 1.26. The van der Waals surface area contributed by atoms with Crippen LogP contribution in [0.2, 0.25) is 0 Å². The molecule has 0 radical (unpaired) electrons. The third kappa shape index (κ3) is 5.79. The molecule has 1 aromatic heterocycles. The summed E-state index contributed by atoms with van der Waals surface area (Å²) in [4.78, 5) is 30.6. The number of carbonyl (C=O) groups excluding carboxylic acids is 1. The number of carbonyl (C=O) groups is 1. The van der Waals surface area contributed by atoms with Crippen molar-refractivity contribution in [2.75, 3.05) is 80.1 Å². The molecule has 0 spiro atoms. The first-order valence-corrected chi connectivity index (χ1v) is 11.2. The van der Waals surface area contributed by atoms with E-state index in [1.54, 1.807) is 19.2 Å². The van der Waals surface area contributed by atoms with Crippen LogP contribution in [0.5, 0.6) is 5.75 Å². The molecule has 2 saturated heterocycles. The highest BCUT2D eigenvalue weighted by Crippen LogP contribution is 2.30. The van der Waals surface area contributed by atoms with Crippen molar-refractivity contribution in [1.29, 1.82) is 0 Å². The lowest BCUT2D eigenvalue weighted by Crippen LogP contribution is -2.40. The van der Waals surface area contributed by atoms with E-state index in [1.807, 2.05) is 19.9 Å². The van der Waals surface area contributed by atoms with Crippen molar-refractivity contribution in [3.8, 4) is 5.75 Å². The Labute approximate surface area is 193 Å². The number of hydrogen-bond acceptors (Lipinski definition) is 10. The summed E-state index contributed by atoms with van der Waals surface area (Å²) in [6, 6.07) is 5.41. The number of rotatable bonds is 7. The van der Waals surface area contributed by atoms with Crippen LogP contribution < -0.4 is 25.2 Å². The van der Waals surface area contributed by atoms with Crippen LogP contribution in [-0.4, -0.2) is 80.6 Å². The Hall–Kier alpha value is -3.18. The van der Waals surface area contributed by atoms with Gasteiger partial charge in [0.25, 0.3) is 0 Å². The minimum atomic E-state index is -0.155. The summed E-state index contributed by atoms with van der Waals surface area (Å²) in [7, 11) is 1.60. The fraction of sp³-hybridized carbons (Fsp3) is 0.545. The van der Waals surface area contributed by atoms with E-state index in [-0.39, 0.29) is 11.8 Å². The number of methoxy groups -OCH3 is 1. The molecule has 11 nitrogen and oxygen atoms in total.